The molecule has 2 atom stereocenters. The molecule has 3 fully saturated rings. The summed E-state index contributed by atoms with van der Waals surface area (Å²) in [6.07, 6.45) is 6.68. The van der Waals surface area contributed by atoms with E-state index in [2.05, 4.69) is 5.32 Å². The highest BCUT2D eigenvalue weighted by Gasteiger charge is 2.41. The Labute approximate surface area is 141 Å². The van der Waals surface area contributed by atoms with Gasteiger partial charge in [-0.2, -0.15) is 0 Å². The zero-order chi connectivity index (χ0) is 16.4. The number of thioether (sulfide) groups is 1. The van der Waals surface area contributed by atoms with Gasteiger partial charge in [0.1, 0.15) is 12.1 Å². The molecule has 0 aromatic rings. The van der Waals surface area contributed by atoms with E-state index in [0.717, 1.165) is 12.8 Å². The summed E-state index contributed by atoms with van der Waals surface area (Å²) in [5.41, 5.74) is 0. The van der Waals surface area contributed by atoms with E-state index in [9.17, 15) is 14.4 Å². The molecule has 0 bridgehead atoms. The van der Waals surface area contributed by atoms with Crippen LogP contribution in [0.15, 0.2) is 0 Å². The van der Waals surface area contributed by atoms with Crippen LogP contribution in [0.5, 0.6) is 0 Å². The van der Waals surface area contributed by atoms with Crippen molar-refractivity contribution in [2.24, 2.45) is 0 Å². The van der Waals surface area contributed by atoms with Gasteiger partial charge in [-0.1, -0.05) is 19.3 Å². The Balaban J connectivity index is 1.64. The number of hydrogen-bond donors (Lipinski definition) is 1. The first kappa shape index (κ1) is 16.6. The Morgan fingerprint density at radius 1 is 1.22 bits per heavy atom. The molecule has 2 heterocycles. The first-order valence-corrected chi connectivity index (χ1v) is 9.67. The Morgan fingerprint density at radius 2 is 1.96 bits per heavy atom. The van der Waals surface area contributed by atoms with E-state index in [1.807, 2.05) is 11.9 Å². The fourth-order valence-corrected chi connectivity index (χ4v) is 4.90. The second kappa shape index (κ2) is 7.11. The molecule has 0 radical (unpaired) electrons. The minimum atomic E-state index is -0.448. The fourth-order valence-electron chi connectivity index (χ4n) is 3.75. The quantitative estimate of drug-likeness (QED) is 0.831. The SMILES string of the molecule is CN(C(=O)C1CSCN1C(=O)C1CCC(=O)N1)C1CCCCC1. The Kier molecular flexibility index (Phi) is 5.14. The zero-order valence-corrected chi connectivity index (χ0v) is 14.4. The molecule has 2 aliphatic heterocycles. The monoisotopic (exact) mass is 339 g/mol. The maximum absolute atomic E-state index is 12.9. The van der Waals surface area contributed by atoms with Crippen LogP contribution in [-0.4, -0.2) is 64.3 Å². The third kappa shape index (κ3) is 3.49. The minimum absolute atomic E-state index is 0.0552. The molecule has 1 saturated carbocycles. The molecule has 2 unspecified atom stereocenters. The molecule has 23 heavy (non-hydrogen) atoms. The zero-order valence-electron chi connectivity index (χ0n) is 13.6. The maximum atomic E-state index is 12.9. The lowest BCUT2D eigenvalue weighted by atomic mass is 9.94. The van der Waals surface area contributed by atoms with Crippen LogP contribution in [0, 0.1) is 0 Å². The van der Waals surface area contributed by atoms with Crippen LogP contribution in [0.2, 0.25) is 0 Å². The number of carbonyl (C=O) groups excluding carboxylic acids is 3. The molecule has 0 aromatic heterocycles. The lowest BCUT2D eigenvalue weighted by Gasteiger charge is -2.35. The number of nitrogens with one attached hydrogen (secondary N) is 1. The van der Waals surface area contributed by atoms with Crippen molar-refractivity contribution in [1.82, 2.24) is 15.1 Å². The van der Waals surface area contributed by atoms with Crippen molar-refractivity contribution in [3.8, 4) is 0 Å². The van der Waals surface area contributed by atoms with Gasteiger partial charge in [0.25, 0.3) is 0 Å². The highest BCUT2D eigenvalue weighted by Crippen LogP contribution is 2.27. The van der Waals surface area contributed by atoms with Crippen LogP contribution in [0.4, 0.5) is 0 Å². The first-order valence-electron chi connectivity index (χ1n) is 8.52. The van der Waals surface area contributed by atoms with Crippen LogP contribution in [-0.2, 0) is 14.4 Å². The van der Waals surface area contributed by atoms with Crippen molar-refractivity contribution in [2.75, 3.05) is 18.7 Å². The predicted molar refractivity (Wildman–Crippen MR) is 88.8 cm³/mol. The lowest BCUT2D eigenvalue weighted by molar-refractivity contribution is -0.145. The molecule has 3 amide bonds. The van der Waals surface area contributed by atoms with Crippen LogP contribution in [0.1, 0.15) is 44.9 Å². The van der Waals surface area contributed by atoms with Crippen LogP contribution < -0.4 is 5.32 Å². The van der Waals surface area contributed by atoms with Crippen LogP contribution >= 0.6 is 11.8 Å². The van der Waals surface area contributed by atoms with Crippen molar-refractivity contribution in [1.29, 1.82) is 0 Å². The van der Waals surface area contributed by atoms with Gasteiger partial charge in [0.15, 0.2) is 0 Å². The summed E-state index contributed by atoms with van der Waals surface area (Å²) < 4.78 is 0. The van der Waals surface area contributed by atoms with E-state index in [4.69, 9.17) is 0 Å². The van der Waals surface area contributed by atoms with Gasteiger partial charge in [0, 0.05) is 25.3 Å². The van der Waals surface area contributed by atoms with E-state index in [1.54, 1.807) is 16.7 Å². The van der Waals surface area contributed by atoms with Crippen molar-refractivity contribution < 1.29 is 14.4 Å². The number of amides is 3. The minimum Gasteiger partial charge on any atom is -0.344 e. The summed E-state index contributed by atoms with van der Waals surface area (Å²) >= 11 is 1.62. The Hall–Kier alpha value is -1.24. The normalized spacial score (nSPS) is 28.7. The first-order chi connectivity index (χ1) is 11.1. The third-order valence-corrected chi connectivity index (χ3v) is 6.23. The topological polar surface area (TPSA) is 69.7 Å². The Morgan fingerprint density at radius 3 is 2.61 bits per heavy atom. The smallest absolute Gasteiger partial charge is 0.246 e. The predicted octanol–water partition coefficient (Wildman–Crippen LogP) is 0.958. The number of nitrogens with zero attached hydrogens (tertiary/aromatic N) is 2. The number of hydrogen-bond acceptors (Lipinski definition) is 4. The molecule has 128 valence electrons. The van der Waals surface area contributed by atoms with E-state index in [0.29, 0.717) is 30.5 Å². The summed E-state index contributed by atoms with van der Waals surface area (Å²) in [6.45, 7) is 0. The third-order valence-electron chi connectivity index (χ3n) is 5.21. The standard InChI is InChI=1S/C16H25N3O3S/c1-18(11-5-3-2-4-6-11)16(22)13-9-23-10-19(13)15(21)12-7-8-14(20)17-12/h11-13H,2-10H2,1H3,(H,17,20). The lowest BCUT2D eigenvalue weighted by Crippen LogP contribution is -2.54. The highest BCUT2D eigenvalue weighted by molar-refractivity contribution is 7.99. The summed E-state index contributed by atoms with van der Waals surface area (Å²) in [7, 11) is 1.88. The number of rotatable bonds is 3. The van der Waals surface area contributed by atoms with Crippen LogP contribution in [0.3, 0.4) is 0 Å². The largest absolute Gasteiger partial charge is 0.344 e. The molecule has 1 N–H and O–H groups in total. The molecular weight excluding hydrogens is 314 g/mol. The molecule has 0 aromatic carbocycles. The van der Waals surface area contributed by atoms with Gasteiger partial charge in [0.05, 0.1) is 5.88 Å². The summed E-state index contributed by atoms with van der Waals surface area (Å²) in [5, 5.41) is 2.72. The van der Waals surface area contributed by atoms with E-state index >= 15 is 0 Å². The van der Waals surface area contributed by atoms with Gasteiger partial charge >= 0.3 is 0 Å². The second-order valence-electron chi connectivity index (χ2n) is 6.72. The fraction of sp³-hybridized carbons (Fsp3) is 0.812. The molecule has 6 nitrogen and oxygen atoms in total. The summed E-state index contributed by atoms with van der Waals surface area (Å²) in [4.78, 5) is 40.4. The molecule has 3 aliphatic rings. The molecule has 2 saturated heterocycles. The van der Waals surface area contributed by atoms with Gasteiger partial charge in [-0.3, -0.25) is 14.4 Å². The van der Waals surface area contributed by atoms with Gasteiger partial charge in [0.2, 0.25) is 17.7 Å². The molecular formula is C16H25N3O3S. The van der Waals surface area contributed by atoms with Gasteiger partial charge < -0.3 is 15.1 Å². The van der Waals surface area contributed by atoms with Gasteiger partial charge in [-0.05, 0) is 19.3 Å². The molecule has 3 rings (SSSR count). The van der Waals surface area contributed by atoms with E-state index in [-0.39, 0.29) is 23.8 Å². The number of likely N-dealkylation sites (N-methyl/N-ethyl adjacent to an activating group) is 1. The van der Waals surface area contributed by atoms with Crippen molar-refractivity contribution in [2.45, 2.75) is 63.1 Å². The van der Waals surface area contributed by atoms with E-state index in [1.165, 1.54) is 19.3 Å². The summed E-state index contributed by atoms with van der Waals surface area (Å²) in [6, 6.07) is -0.515. The van der Waals surface area contributed by atoms with Crippen molar-refractivity contribution in [3.63, 3.8) is 0 Å². The molecule has 1 aliphatic carbocycles. The Bertz CT molecular complexity index is 493. The summed E-state index contributed by atoms with van der Waals surface area (Å²) in [5.74, 6) is 1.08. The average Bonchev–Trinajstić information content (AvgIpc) is 3.22. The second-order valence-corrected chi connectivity index (χ2v) is 7.72. The van der Waals surface area contributed by atoms with Crippen molar-refractivity contribution in [3.05, 3.63) is 0 Å². The molecule has 7 heteroatoms. The molecule has 0 spiro atoms. The average molecular weight is 339 g/mol. The highest BCUT2D eigenvalue weighted by atomic mass is 32.2. The van der Waals surface area contributed by atoms with Crippen LogP contribution in [0.25, 0.3) is 0 Å². The van der Waals surface area contributed by atoms with E-state index < -0.39 is 6.04 Å². The van der Waals surface area contributed by atoms with Gasteiger partial charge in [-0.15, -0.1) is 11.8 Å². The van der Waals surface area contributed by atoms with Crippen molar-refractivity contribution >= 4 is 29.5 Å². The maximum Gasteiger partial charge on any atom is 0.246 e. The number of carbonyl (C=O) groups is 3. The van der Waals surface area contributed by atoms with Gasteiger partial charge in [-0.25, -0.2) is 0 Å².